The molecule has 0 radical (unpaired) electrons. The predicted octanol–water partition coefficient (Wildman–Crippen LogP) is 0.369. The van der Waals surface area contributed by atoms with Gasteiger partial charge in [0.2, 0.25) is 0 Å². The van der Waals surface area contributed by atoms with Crippen molar-refractivity contribution < 1.29 is 18.3 Å². The second kappa shape index (κ2) is 7.47. The molecule has 0 heterocycles. The van der Waals surface area contributed by atoms with Gasteiger partial charge in [-0.25, -0.2) is 8.42 Å². The molecule has 1 unspecified atom stereocenters. The minimum absolute atomic E-state index is 0.0678. The zero-order valence-corrected chi connectivity index (χ0v) is 12.1. The third-order valence-electron chi connectivity index (χ3n) is 2.55. The molecule has 0 aliphatic heterocycles. The number of aliphatic hydroxyl groups is 1. The van der Waals surface area contributed by atoms with Crippen LogP contribution in [0.3, 0.4) is 0 Å². The van der Waals surface area contributed by atoms with Crippen LogP contribution in [0.2, 0.25) is 0 Å². The Kier molecular flexibility index (Phi) is 6.27. The molecule has 0 saturated heterocycles. The molecule has 0 aliphatic carbocycles. The predicted molar refractivity (Wildman–Crippen MR) is 75.3 cm³/mol. The SMILES string of the molecule is Cc1ccccc1OCC(O)CNCCS(C)(=O)=O. The fraction of sp³-hybridized carbons (Fsp3) is 0.538. The molecule has 0 amide bonds. The largest absolute Gasteiger partial charge is 0.491 e. The molecule has 0 spiro atoms. The first-order valence-corrected chi connectivity index (χ1v) is 8.19. The molecule has 108 valence electrons. The van der Waals surface area contributed by atoms with E-state index in [0.29, 0.717) is 13.1 Å². The average Bonchev–Trinajstić information content (AvgIpc) is 2.32. The van der Waals surface area contributed by atoms with Gasteiger partial charge in [-0.1, -0.05) is 18.2 Å². The summed E-state index contributed by atoms with van der Waals surface area (Å²) in [6.07, 6.45) is 0.519. The molecule has 5 nitrogen and oxygen atoms in total. The Morgan fingerprint density at radius 1 is 1.37 bits per heavy atom. The monoisotopic (exact) mass is 287 g/mol. The van der Waals surface area contributed by atoms with Crippen LogP contribution in [0.5, 0.6) is 5.75 Å². The Morgan fingerprint density at radius 2 is 2.05 bits per heavy atom. The third kappa shape index (κ3) is 7.15. The molecule has 1 atom stereocenters. The summed E-state index contributed by atoms with van der Waals surface area (Å²) in [5.74, 6) is 0.816. The Bertz CT molecular complexity index is 487. The number of hydrogen-bond acceptors (Lipinski definition) is 5. The number of benzene rings is 1. The normalized spacial score (nSPS) is 13.2. The van der Waals surface area contributed by atoms with Crippen LogP contribution >= 0.6 is 0 Å². The van der Waals surface area contributed by atoms with E-state index >= 15 is 0 Å². The minimum atomic E-state index is -2.96. The lowest BCUT2D eigenvalue weighted by Crippen LogP contribution is -2.34. The first-order valence-electron chi connectivity index (χ1n) is 6.13. The molecule has 1 aromatic rings. The second-order valence-electron chi connectivity index (χ2n) is 4.56. The molecule has 1 aromatic carbocycles. The van der Waals surface area contributed by atoms with E-state index in [1.165, 1.54) is 6.26 Å². The number of nitrogens with one attached hydrogen (secondary N) is 1. The topological polar surface area (TPSA) is 75.6 Å². The van der Waals surface area contributed by atoms with Crippen molar-refractivity contribution >= 4 is 9.84 Å². The Balaban J connectivity index is 2.22. The van der Waals surface area contributed by atoms with Crippen LogP contribution in [0, 0.1) is 6.92 Å². The lowest BCUT2D eigenvalue weighted by atomic mass is 10.2. The van der Waals surface area contributed by atoms with Crippen LogP contribution in [-0.2, 0) is 9.84 Å². The Hall–Kier alpha value is -1.11. The van der Waals surface area contributed by atoms with Gasteiger partial charge in [0.25, 0.3) is 0 Å². The van der Waals surface area contributed by atoms with E-state index in [2.05, 4.69) is 5.32 Å². The first-order chi connectivity index (χ1) is 8.88. The van der Waals surface area contributed by atoms with Crippen LogP contribution < -0.4 is 10.1 Å². The van der Waals surface area contributed by atoms with Gasteiger partial charge in [-0.05, 0) is 18.6 Å². The van der Waals surface area contributed by atoms with Crippen molar-refractivity contribution in [2.45, 2.75) is 13.0 Å². The standard InChI is InChI=1S/C13H21NO4S/c1-11-5-3-4-6-13(11)18-10-12(15)9-14-7-8-19(2,16)17/h3-6,12,14-15H,7-10H2,1-2H3. The number of ether oxygens (including phenoxy) is 1. The summed E-state index contributed by atoms with van der Waals surface area (Å²) in [6.45, 7) is 2.75. The van der Waals surface area contributed by atoms with Gasteiger partial charge in [-0.2, -0.15) is 0 Å². The van der Waals surface area contributed by atoms with Crippen molar-refractivity contribution in [3.63, 3.8) is 0 Å². The van der Waals surface area contributed by atoms with Crippen LogP contribution in [0.1, 0.15) is 5.56 Å². The van der Waals surface area contributed by atoms with Gasteiger partial charge in [0.1, 0.15) is 28.3 Å². The van der Waals surface area contributed by atoms with E-state index in [4.69, 9.17) is 4.74 Å². The van der Waals surface area contributed by atoms with Gasteiger partial charge in [0, 0.05) is 19.3 Å². The minimum Gasteiger partial charge on any atom is -0.491 e. The Labute approximate surface area is 114 Å². The van der Waals surface area contributed by atoms with Crippen LogP contribution in [-0.4, -0.2) is 51.3 Å². The van der Waals surface area contributed by atoms with Gasteiger partial charge in [-0.15, -0.1) is 0 Å². The second-order valence-corrected chi connectivity index (χ2v) is 6.82. The van der Waals surface area contributed by atoms with Gasteiger partial charge in [0.05, 0.1) is 5.75 Å². The van der Waals surface area contributed by atoms with Crippen molar-refractivity contribution in [3.8, 4) is 5.75 Å². The van der Waals surface area contributed by atoms with Crippen LogP contribution in [0.15, 0.2) is 24.3 Å². The zero-order chi connectivity index (χ0) is 14.3. The number of hydrogen-bond donors (Lipinski definition) is 2. The third-order valence-corrected chi connectivity index (χ3v) is 3.50. The van der Waals surface area contributed by atoms with Crippen molar-refractivity contribution in [1.29, 1.82) is 0 Å². The molecule has 0 bridgehead atoms. The van der Waals surface area contributed by atoms with Gasteiger partial charge < -0.3 is 15.2 Å². The lowest BCUT2D eigenvalue weighted by molar-refractivity contribution is 0.106. The van der Waals surface area contributed by atoms with Gasteiger partial charge in [0.15, 0.2) is 0 Å². The molecular weight excluding hydrogens is 266 g/mol. The summed E-state index contributed by atoms with van der Waals surface area (Å²) in [4.78, 5) is 0. The highest BCUT2D eigenvalue weighted by Crippen LogP contribution is 2.16. The van der Waals surface area contributed by atoms with Crippen molar-refractivity contribution in [3.05, 3.63) is 29.8 Å². The maximum atomic E-state index is 10.9. The highest BCUT2D eigenvalue weighted by molar-refractivity contribution is 7.90. The van der Waals surface area contributed by atoms with Crippen molar-refractivity contribution in [2.24, 2.45) is 0 Å². The number of aryl methyl sites for hydroxylation is 1. The van der Waals surface area contributed by atoms with Crippen molar-refractivity contribution in [2.75, 3.05) is 31.7 Å². The summed E-state index contributed by atoms with van der Waals surface area (Å²) in [5, 5.41) is 12.6. The van der Waals surface area contributed by atoms with Gasteiger partial charge >= 0.3 is 0 Å². The highest BCUT2D eigenvalue weighted by atomic mass is 32.2. The fourth-order valence-corrected chi connectivity index (χ4v) is 2.00. The van der Waals surface area contributed by atoms with E-state index in [1.807, 2.05) is 31.2 Å². The van der Waals surface area contributed by atoms with Crippen LogP contribution in [0.25, 0.3) is 0 Å². The quantitative estimate of drug-likeness (QED) is 0.676. The summed E-state index contributed by atoms with van der Waals surface area (Å²) in [7, 11) is -2.96. The molecule has 0 saturated carbocycles. The molecular formula is C13H21NO4S. The summed E-state index contributed by atoms with van der Waals surface area (Å²) < 4.78 is 27.3. The van der Waals surface area contributed by atoms with E-state index in [1.54, 1.807) is 0 Å². The zero-order valence-electron chi connectivity index (χ0n) is 11.3. The number of rotatable bonds is 8. The average molecular weight is 287 g/mol. The molecule has 0 fully saturated rings. The summed E-state index contributed by atoms with van der Waals surface area (Å²) >= 11 is 0. The van der Waals surface area contributed by atoms with E-state index in [9.17, 15) is 13.5 Å². The van der Waals surface area contributed by atoms with Crippen LogP contribution in [0.4, 0.5) is 0 Å². The molecule has 2 N–H and O–H groups in total. The van der Waals surface area contributed by atoms with Gasteiger partial charge in [-0.3, -0.25) is 0 Å². The highest BCUT2D eigenvalue weighted by Gasteiger charge is 2.07. The summed E-state index contributed by atoms with van der Waals surface area (Å²) in [6, 6.07) is 7.58. The maximum Gasteiger partial charge on any atom is 0.148 e. The molecule has 6 heteroatoms. The van der Waals surface area contributed by atoms with E-state index in [-0.39, 0.29) is 12.4 Å². The molecule has 0 aromatic heterocycles. The van der Waals surface area contributed by atoms with Crippen molar-refractivity contribution in [1.82, 2.24) is 5.32 Å². The summed E-state index contributed by atoms with van der Waals surface area (Å²) in [5.41, 5.74) is 1.01. The number of sulfone groups is 1. The first kappa shape index (κ1) is 15.9. The lowest BCUT2D eigenvalue weighted by Gasteiger charge is -2.14. The van der Waals surface area contributed by atoms with E-state index in [0.717, 1.165) is 11.3 Å². The fourth-order valence-electron chi connectivity index (χ4n) is 1.49. The number of para-hydroxylation sites is 1. The molecule has 1 rings (SSSR count). The Morgan fingerprint density at radius 3 is 2.68 bits per heavy atom. The number of aliphatic hydroxyl groups excluding tert-OH is 1. The molecule has 0 aliphatic rings. The smallest absolute Gasteiger partial charge is 0.148 e. The molecule has 19 heavy (non-hydrogen) atoms. The van der Waals surface area contributed by atoms with E-state index < -0.39 is 15.9 Å². The maximum absolute atomic E-state index is 10.9.